The minimum atomic E-state index is -0.541. The highest BCUT2D eigenvalue weighted by atomic mass is 16.3. The Morgan fingerprint density at radius 1 is 1.00 bits per heavy atom. The summed E-state index contributed by atoms with van der Waals surface area (Å²) in [5.41, 5.74) is -0.195. The fourth-order valence-corrected chi connectivity index (χ4v) is 5.31. The number of hydrogen-bond donors (Lipinski definition) is 1. The van der Waals surface area contributed by atoms with Crippen LogP contribution >= 0.6 is 0 Å². The van der Waals surface area contributed by atoms with Gasteiger partial charge in [-0.1, -0.05) is 74.7 Å². The second kappa shape index (κ2) is 8.56. The molecule has 0 aromatic rings. The quantitative estimate of drug-likeness (QED) is 0.483. The van der Waals surface area contributed by atoms with Crippen molar-refractivity contribution in [3.05, 3.63) is 0 Å². The molecule has 0 amide bonds. The van der Waals surface area contributed by atoms with Crippen molar-refractivity contribution in [2.45, 2.75) is 106 Å². The van der Waals surface area contributed by atoms with Gasteiger partial charge >= 0.3 is 0 Å². The zero-order chi connectivity index (χ0) is 18.7. The molecule has 1 N–H and O–H groups in total. The molecule has 7 unspecified atom stereocenters. The molecule has 0 aromatic heterocycles. The van der Waals surface area contributed by atoms with E-state index in [1.807, 2.05) is 0 Å². The normalized spacial score (nSPS) is 31.5. The molecule has 0 saturated heterocycles. The molecule has 7 atom stereocenters. The highest BCUT2D eigenvalue weighted by molar-refractivity contribution is 4.93. The summed E-state index contributed by atoms with van der Waals surface area (Å²) >= 11 is 0. The zero-order valence-corrected chi connectivity index (χ0v) is 18.2. The first kappa shape index (κ1) is 22.0. The molecule has 24 heavy (non-hydrogen) atoms. The minimum absolute atomic E-state index is 0.346. The maximum absolute atomic E-state index is 11.4. The monoisotopic (exact) mass is 338 g/mol. The molecule has 0 spiro atoms. The maximum Gasteiger partial charge on any atom is 0.0650 e. The van der Waals surface area contributed by atoms with Gasteiger partial charge in [0.05, 0.1) is 5.60 Å². The Morgan fingerprint density at radius 2 is 1.58 bits per heavy atom. The highest BCUT2D eigenvalue weighted by Gasteiger charge is 2.43. The van der Waals surface area contributed by atoms with E-state index in [0.717, 1.165) is 18.3 Å². The van der Waals surface area contributed by atoms with Gasteiger partial charge in [0.1, 0.15) is 0 Å². The zero-order valence-electron chi connectivity index (χ0n) is 18.2. The van der Waals surface area contributed by atoms with Crippen LogP contribution in [0.2, 0.25) is 0 Å². The highest BCUT2D eigenvalue weighted by Crippen LogP contribution is 2.47. The lowest BCUT2D eigenvalue weighted by Gasteiger charge is -2.45. The van der Waals surface area contributed by atoms with Crippen LogP contribution in [0.4, 0.5) is 0 Å². The number of rotatable bonds is 9. The van der Waals surface area contributed by atoms with Crippen LogP contribution in [-0.2, 0) is 0 Å². The topological polar surface area (TPSA) is 20.2 Å². The van der Waals surface area contributed by atoms with Crippen LogP contribution in [-0.4, -0.2) is 10.7 Å². The summed E-state index contributed by atoms with van der Waals surface area (Å²) in [5, 5.41) is 11.4. The van der Waals surface area contributed by atoms with Gasteiger partial charge in [-0.15, -0.1) is 0 Å². The Balaban J connectivity index is 2.83. The fourth-order valence-electron chi connectivity index (χ4n) is 5.31. The van der Waals surface area contributed by atoms with E-state index in [0.29, 0.717) is 29.1 Å². The Hall–Kier alpha value is -0.0400. The lowest BCUT2D eigenvalue weighted by Crippen LogP contribution is -2.43. The predicted octanol–water partition coefficient (Wildman–Crippen LogP) is 6.93. The lowest BCUT2D eigenvalue weighted by molar-refractivity contribution is -0.0631. The molecule has 1 nitrogen and oxygen atoms in total. The lowest BCUT2D eigenvalue weighted by atomic mass is 9.63. The largest absolute Gasteiger partial charge is 0.390 e. The molecule has 0 bridgehead atoms. The summed E-state index contributed by atoms with van der Waals surface area (Å²) < 4.78 is 0. The second-order valence-corrected chi connectivity index (χ2v) is 10.0. The first-order valence-electron chi connectivity index (χ1n) is 10.7. The van der Waals surface area contributed by atoms with Crippen LogP contribution in [0, 0.1) is 40.9 Å². The van der Waals surface area contributed by atoms with E-state index >= 15 is 0 Å². The van der Waals surface area contributed by atoms with Gasteiger partial charge in [-0.2, -0.15) is 0 Å². The molecule has 0 radical (unpaired) electrons. The van der Waals surface area contributed by atoms with Crippen LogP contribution in [0.5, 0.6) is 0 Å². The summed E-state index contributed by atoms with van der Waals surface area (Å²) in [6.07, 6.45) is 7.35. The van der Waals surface area contributed by atoms with Gasteiger partial charge < -0.3 is 5.11 Å². The van der Waals surface area contributed by atoms with E-state index in [2.05, 4.69) is 62.3 Å². The maximum atomic E-state index is 11.4. The van der Waals surface area contributed by atoms with Gasteiger partial charge in [-0.05, 0) is 67.1 Å². The van der Waals surface area contributed by atoms with Crippen molar-refractivity contribution in [1.82, 2.24) is 0 Å². The third-order valence-electron chi connectivity index (χ3n) is 8.28. The van der Waals surface area contributed by atoms with Gasteiger partial charge in [0.15, 0.2) is 0 Å². The van der Waals surface area contributed by atoms with E-state index in [-0.39, 0.29) is 0 Å². The van der Waals surface area contributed by atoms with E-state index < -0.39 is 5.60 Å². The SMILES string of the molecule is CCC1CC(C)C(CC(C)(O)C(C)C(CC)C(C)C(C)(C)CC)C1. The first-order valence-corrected chi connectivity index (χ1v) is 10.7. The minimum Gasteiger partial charge on any atom is -0.390 e. The van der Waals surface area contributed by atoms with Crippen LogP contribution in [0.1, 0.15) is 101 Å². The average molecular weight is 339 g/mol. The van der Waals surface area contributed by atoms with E-state index in [4.69, 9.17) is 0 Å². The van der Waals surface area contributed by atoms with Crippen molar-refractivity contribution in [2.75, 3.05) is 0 Å². The summed E-state index contributed by atoms with van der Waals surface area (Å²) in [4.78, 5) is 0. The van der Waals surface area contributed by atoms with Crippen molar-refractivity contribution >= 4 is 0 Å². The Bertz CT molecular complexity index is 370. The van der Waals surface area contributed by atoms with Crippen LogP contribution < -0.4 is 0 Å². The van der Waals surface area contributed by atoms with Gasteiger partial charge in [0.2, 0.25) is 0 Å². The van der Waals surface area contributed by atoms with Crippen molar-refractivity contribution in [2.24, 2.45) is 40.9 Å². The molecule has 144 valence electrons. The van der Waals surface area contributed by atoms with Crippen molar-refractivity contribution in [3.63, 3.8) is 0 Å². The number of aliphatic hydroxyl groups is 1. The molecule has 0 aliphatic heterocycles. The van der Waals surface area contributed by atoms with Crippen LogP contribution in [0.15, 0.2) is 0 Å². The van der Waals surface area contributed by atoms with E-state index in [1.165, 1.54) is 32.1 Å². The first-order chi connectivity index (χ1) is 11.0. The molecule has 1 saturated carbocycles. The number of hydrogen-bond acceptors (Lipinski definition) is 1. The Labute approximate surface area is 153 Å². The molecule has 1 rings (SSSR count). The van der Waals surface area contributed by atoms with Crippen molar-refractivity contribution < 1.29 is 5.11 Å². The molecular weight excluding hydrogens is 292 g/mol. The summed E-state index contributed by atoms with van der Waals surface area (Å²) in [7, 11) is 0. The van der Waals surface area contributed by atoms with Crippen LogP contribution in [0.25, 0.3) is 0 Å². The predicted molar refractivity (Wildman–Crippen MR) is 107 cm³/mol. The molecule has 1 fully saturated rings. The fraction of sp³-hybridized carbons (Fsp3) is 1.00. The molecular formula is C23H46O. The Morgan fingerprint density at radius 3 is 2.00 bits per heavy atom. The smallest absolute Gasteiger partial charge is 0.0650 e. The second-order valence-electron chi connectivity index (χ2n) is 10.0. The summed E-state index contributed by atoms with van der Waals surface area (Å²) in [6.45, 7) is 21.0. The third-order valence-corrected chi connectivity index (χ3v) is 8.28. The van der Waals surface area contributed by atoms with Gasteiger partial charge in [-0.25, -0.2) is 0 Å². The summed E-state index contributed by atoms with van der Waals surface area (Å²) in [6, 6.07) is 0. The molecule has 0 heterocycles. The molecule has 0 aromatic carbocycles. The molecule has 1 aliphatic rings. The van der Waals surface area contributed by atoms with Crippen molar-refractivity contribution in [3.8, 4) is 0 Å². The van der Waals surface area contributed by atoms with E-state index in [1.54, 1.807) is 0 Å². The van der Waals surface area contributed by atoms with Crippen LogP contribution in [0.3, 0.4) is 0 Å². The third kappa shape index (κ3) is 4.99. The molecule has 1 aliphatic carbocycles. The Kier molecular flexibility index (Phi) is 7.85. The standard InChI is InChI=1S/C23H46O/c1-10-19-13-16(4)20(14-19)15-23(9,24)18(6)21(11-2)17(5)22(7,8)12-3/h16-21,24H,10-15H2,1-9H3. The molecule has 1 heteroatoms. The van der Waals surface area contributed by atoms with Gasteiger partial charge in [0.25, 0.3) is 0 Å². The van der Waals surface area contributed by atoms with E-state index in [9.17, 15) is 5.11 Å². The summed E-state index contributed by atoms with van der Waals surface area (Å²) in [5.74, 6) is 3.96. The van der Waals surface area contributed by atoms with Gasteiger partial charge in [-0.3, -0.25) is 0 Å². The van der Waals surface area contributed by atoms with Crippen molar-refractivity contribution in [1.29, 1.82) is 0 Å². The van der Waals surface area contributed by atoms with Gasteiger partial charge in [0, 0.05) is 0 Å². The average Bonchev–Trinajstić information content (AvgIpc) is 2.87.